The van der Waals surface area contributed by atoms with Gasteiger partial charge in [-0.2, -0.15) is 0 Å². The number of hydrogen-bond donors (Lipinski definition) is 1. The van der Waals surface area contributed by atoms with Gasteiger partial charge in [0.15, 0.2) is 0 Å². The van der Waals surface area contributed by atoms with Crippen molar-refractivity contribution < 1.29 is 14.6 Å². The van der Waals surface area contributed by atoms with Gasteiger partial charge in [0.1, 0.15) is 5.75 Å². The van der Waals surface area contributed by atoms with E-state index in [2.05, 4.69) is 4.98 Å². The summed E-state index contributed by atoms with van der Waals surface area (Å²) in [4.78, 5) is 18.6. The van der Waals surface area contributed by atoms with Crippen LogP contribution in [0.5, 0.6) is 5.75 Å². The first kappa shape index (κ1) is 15.5. The van der Waals surface area contributed by atoms with Gasteiger partial charge in [0.2, 0.25) is 0 Å². The van der Waals surface area contributed by atoms with Crippen LogP contribution < -0.4 is 0 Å². The number of carbonyl (C=O) groups is 1. The molecule has 1 aromatic heterocycles. The summed E-state index contributed by atoms with van der Waals surface area (Å²) in [5.74, 6) is -0.00922. The third kappa shape index (κ3) is 4.07. The lowest BCUT2D eigenvalue weighted by atomic mass is 10.1. The molecule has 0 spiro atoms. The topological polar surface area (TPSA) is 62.7 Å². The minimum absolute atomic E-state index is 0.0816. The SMILES string of the molecule is O=C(c1cccc(O)c1)N(Cc1ccncc1)C[C@@H]1CCCO1. The highest BCUT2D eigenvalue weighted by molar-refractivity contribution is 5.94. The van der Waals surface area contributed by atoms with E-state index in [0.717, 1.165) is 25.0 Å². The number of pyridine rings is 1. The highest BCUT2D eigenvalue weighted by Crippen LogP contribution is 2.19. The molecule has 23 heavy (non-hydrogen) atoms. The average molecular weight is 312 g/mol. The monoisotopic (exact) mass is 312 g/mol. The van der Waals surface area contributed by atoms with Crippen molar-refractivity contribution in [2.24, 2.45) is 0 Å². The lowest BCUT2D eigenvalue weighted by molar-refractivity contribution is 0.0507. The summed E-state index contributed by atoms with van der Waals surface area (Å²) >= 11 is 0. The fourth-order valence-electron chi connectivity index (χ4n) is 2.78. The molecule has 1 fully saturated rings. The molecule has 0 unspecified atom stereocenters. The normalized spacial score (nSPS) is 17.1. The second kappa shape index (κ2) is 7.24. The Balaban J connectivity index is 1.79. The van der Waals surface area contributed by atoms with Crippen molar-refractivity contribution in [3.8, 4) is 5.75 Å². The molecule has 0 radical (unpaired) electrons. The number of ether oxygens (including phenoxy) is 1. The lowest BCUT2D eigenvalue weighted by Gasteiger charge is -2.25. The van der Waals surface area contributed by atoms with Crippen LogP contribution in [0.25, 0.3) is 0 Å². The van der Waals surface area contributed by atoms with Crippen LogP contribution in [0.2, 0.25) is 0 Å². The van der Waals surface area contributed by atoms with Crippen molar-refractivity contribution in [1.29, 1.82) is 0 Å². The van der Waals surface area contributed by atoms with E-state index < -0.39 is 0 Å². The zero-order valence-electron chi connectivity index (χ0n) is 12.9. The van der Waals surface area contributed by atoms with Gasteiger partial charge in [-0.15, -0.1) is 0 Å². The quantitative estimate of drug-likeness (QED) is 0.922. The third-order valence-electron chi connectivity index (χ3n) is 3.95. The Morgan fingerprint density at radius 1 is 1.30 bits per heavy atom. The first-order valence-electron chi connectivity index (χ1n) is 7.81. The van der Waals surface area contributed by atoms with Crippen LogP contribution in [-0.2, 0) is 11.3 Å². The van der Waals surface area contributed by atoms with E-state index >= 15 is 0 Å². The Bertz CT molecular complexity index is 654. The second-order valence-electron chi connectivity index (χ2n) is 5.73. The maximum absolute atomic E-state index is 12.8. The highest BCUT2D eigenvalue weighted by atomic mass is 16.5. The summed E-state index contributed by atoms with van der Waals surface area (Å²) in [6.45, 7) is 1.81. The van der Waals surface area contributed by atoms with E-state index in [1.165, 1.54) is 6.07 Å². The Kier molecular flexibility index (Phi) is 4.88. The first-order chi connectivity index (χ1) is 11.2. The molecule has 1 N–H and O–H groups in total. The molecule has 1 amide bonds. The van der Waals surface area contributed by atoms with E-state index in [0.29, 0.717) is 18.7 Å². The Morgan fingerprint density at radius 2 is 2.13 bits per heavy atom. The Morgan fingerprint density at radius 3 is 2.83 bits per heavy atom. The fraction of sp³-hybridized carbons (Fsp3) is 0.333. The van der Waals surface area contributed by atoms with Crippen molar-refractivity contribution in [2.75, 3.05) is 13.2 Å². The molecule has 1 atom stereocenters. The molecule has 120 valence electrons. The largest absolute Gasteiger partial charge is 0.508 e. The number of benzene rings is 1. The van der Waals surface area contributed by atoms with Crippen molar-refractivity contribution in [1.82, 2.24) is 9.88 Å². The van der Waals surface area contributed by atoms with Gasteiger partial charge in [-0.1, -0.05) is 6.07 Å². The van der Waals surface area contributed by atoms with Gasteiger partial charge in [0, 0.05) is 37.7 Å². The van der Waals surface area contributed by atoms with Gasteiger partial charge in [-0.05, 0) is 48.7 Å². The molecule has 5 heteroatoms. The summed E-state index contributed by atoms with van der Waals surface area (Å²) in [5, 5.41) is 9.61. The minimum atomic E-state index is -0.104. The standard InChI is InChI=1S/C18H20N2O3/c21-16-4-1-3-15(11-16)18(22)20(13-17-5-2-10-23-17)12-14-6-8-19-9-7-14/h1,3-4,6-9,11,17,21H,2,5,10,12-13H2/t17-/m0/s1. The molecule has 3 rings (SSSR count). The molecular formula is C18H20N2O3. The van der Waals surface area contributed by atoms with Crippen molar-refractivity contribution >= 4 is 5.91 Å². The Labute approximate surface area is 135 Å². The number of aromatic hydroxyl groups is 1. The number of amides is 1. The highest BCUT2D eigenvalue weighted by Gasteiger charge is 2.23. The lowest BCUT2D eigenvalue weighted by Crippen LogP contribution is -2.36. The maximum atomic E-state index is 12.8. The van der Waals surface area contributed by atoms with Gasteiger partial charge in [-0.3, -0.25) is 9.78 Å². The van der Waals surface area contributed by atoms with Gasteiger partial charge in [0.25, 0.3) is 5.91 Å². The summed E-state index contributed by atoms with van der Waals surface area (Å²) in [6, 6.07) is 10.3. The van der Waals surface area contributed by atoms with E-state index in [1.54, 1.807) is 35.5 Å². The Hall–Kier alpha value is -2.40. The molecule has 0 saturated carbocycles. The number of carbonyl (C=O) groups excluding carboxylic acids is 1. The number of hydrogen-bond acceptors (Lipinski definition) is 4. The van der Waals surface area contributed by atoms with Crippen LogP contribution in [0.4, 0.5) is 0 Å². The first-order valence-corrected chi connectivity index (χ1v) is 7.81. The number of nitrogens with zero attached hydrogens (tertiary/aromatic N) is 2. The molecule has 1 aliphatic rings. The molecule has 0 bridgehead atoms. The zero-order chi connectivity index (χ0) is 16.1. The molecule has 1 aromatic carbocycles. The molecule has 2 heterocycles. The van der Waals surface area contributed by atoms with Crippen LogP contribution in [0.3, 0.4) is 0 Å². The van der Waals surface area contributed by atoms with Crippen molar-refractivity contribution in [2.45, 2.75) is 25.5 Å². The second-order valence-corrected chi connectivity index (χ2v) is 5.73. The maximum Gasteiger partial charge on any atom is 0.254 e. The fourth-order valence-corrected chi connectivity index (χ4v) is 2.78. The van der Waals surface area contributed by atoms with Crippen molar-refractivity contribution in [3.63, 3.8) is 0 Å². The van der Waals surface area contributed by atoms with Crippen LogP contribution in [0.1, 0.15) is 28.8 Å². The predicted molar refractivity (Wildman–Crippen MR) is 86.1 cm³/mol. The molecule has 1 saturated heterocycles. The third-order valence-corrected chi connectivity index (χ3v) is 3.95. The van der Waals surface area contributed by atoms with Gasteiger partial charge in [-0.25, -0.2) is 0 Å². The zero-order valence-corrected chi connectivity index (χ0v) is 12.9. The van der Waals surface area contributed by atoms with Gasteiger partial charge in [0.05, 0.1) is 6.10 Å². The number of phenols is 1. The van der Waals surface area contributed by atoms with E-state index in [-0.39, 0.29) is 17.8 Å². The van der Waals surface area contributed by atoms with E-state index in [9.17, 15) is 9.90 Å². The molecule has 2 aromatic rings. The van der Waals surface area contributed by atoms with Gasteiger partial charge >= 0.3 is 0 Å². The summed E-state index contributed by atoms with van der Waals surface area (Å²) < 4.78 is 5.68. The number of rotatable bonds is 5. The summed E-state index contributed by atoms with van der Waals surface area (Å²) in [6.07, 6.45) is 5.53. The molecule has 0 aliphatic carbocycles. The number of phenolic OH excluding ortho intramolecular Hbond substituents is 1. The van der Waals surface area contributed by atoms with Crippen LogP contribution in [-0.4, -0.2) is 40.2 Å². The summed E-state index contributed by atoms with van der Waals surface area (Å²) in [7, 11) is 0. The molecular weight excluding hydrogens is 292 g/mol. The predicted octanol–water partition coefficient (Wildman–Crippen LogP) is 2.61. The summed E-state index contributed by atoms with van der Waals surface area (Å²) in [5.41, 5.74) is 1.50. The van der Waals surface area contributed by atoms with Crippen molar-refractivity contribution in [3.05, 3.63) is 59.9 Å². The van der Waals surface area contributed by atoms with Crippen LogP contribution in [0, 0.1) is 0 Å². The molecule has 1 aliphatic heterocycles. The minimum Gasteiger partial charge on any atom is -0.508 e. The van der Waals surface area contributed by atoms with Gasteiger partial charge < -0.3 is 14.7 Å². The van der Waals surface area contributed by atoms with E-state index in [1.807, 2.05) is 12.1 Å². The smallest absolute Gasteiger partial charge is 0.254 e. The number of aromatic nitrogens is 1. The van der Waals surface area contributed by atoms with E-state index in [4.69, 9.17) is 4.74 Å². The van der Waals surface area contributed by atoms with Crippen LogP contribution in [0.15, 0.2) is 48.8 Å². The molecule has 5 nitrogen and oxygen atoms in total. The van der Waals surface area contributed by atoms with Crippen LogP contribution >= 0.6 is 0 Å². The average Bonchev–Trinajstić information content (AvgIpc) is 3.08.